The maximum absolute atomic E-state index is 6.28. The van der Waals surface area contributed by atoms with Crippen LogP contribution >= 0.6 is 0 Å². The molecule has 0 saturated carbocycles. The summed E-state index contributed by atoms with van der Waals surface area (Å²) >= 11 is 0. The van der Waals surface area contributed by atoms with Crippen molar-refractivity contribution in [3.8, 4) is 0 Å². The minimum atomic E-state index is 0.424. The minimum Gasteiger partial charge on any atom is -0.381 e. The van der Waals surface area contributed by atoms with Crippen LogP contribution in [-0.4, -0.2) is 61.5 Å². The third kappa shape index (κ3) is 4.72. The quantitative estimate of drug-likeness (QED) is 0.820. The average Bonchev–Trinajstić information content (AvgIpc) is 3.20. The fourth-order valence-corrected chi connectivity index (χ4v) is 4.19. The van der Waals surface area contributed by atoms with Gasteiger partial charge >= 0.3 is 0 Å². The van der Waals surface area contributed by atoms with Crippen molar-refractivity contribution < 1.29 is 9.47 Å². The van der Waals surface area contributed by atoms with E-state index in [0.29, 0.717) is 12.2 Å². The van der Waals surface area contributed by atoms with Gasteiger partial charge in [0.2, 0.25) is 0 Å². The van der Waals surface area contributed by atoms with Crippen LogP contribution in [0, 0.1) is 0 Å². The Bertz CT molecular complexity index is 516. The van der Waals surface area contributed by atoms with Crippen LogP contribution in [0.4, 0.5) is 5.82 Å². The van der Waals surface area contributed by atoms with Gasteiger partial charge in [-0.05, 0) is 50.2 Å². The first-order chi connectivity index (χ1) is 12.4. The van der Waals surface area contributed by atoms with E-state index in [9.17, 15) is 0 Å². The van der Waals surface area contributed by atoms with Crippen molar-refractivity contribution in [3.63, 3.8) is 0 Å². The second kappa shape index (κ2) is 8.47. The number of piperidine rings is 1. The van der Waals surface area contributed by atoms with Crippen molar-refractivity contribution in [2.45, 2.75) is 57.3 Å². The molecule has 3 aliphatic heterocycles. The number of rotatable bonds is 5. The molecule has 4 heterocycles. The maximum Gasteiger partial charge on any atom is 0.128 e. The summed E-state index contributed by atoms with van der Waals surface area (Å²) in [6.45, 7) is 7.31. The van der Waals surface area contributed by atoms with Crippen molar-refractivity contribution in [1.82, 2.24) is 9.88 Å². The van der Waals surface area contributed by atoms with Crippen LogP contribution in [-0.2, 0) is 16.0 Å². The molecule has 0 N–H and O–H groups in total. The second-order valence-corrected chi connectivity index (χ2v) is 7.64. The fraction of sp³-hybridized carbons (Fsp3) is 0.750. The molecule has 25 heavy (non-hydrogen) atoms. The Morgan fingerprint density at radius 2 is 1.68 bits per heavy atom. The van der Waals surface area contributed by atoms with Gasteiger partial charge in [-0.2, -0.15) is 0 Å². The molecule has 0 aromatic carbocycles. The first-order valence-electron chi connectivity index (χ1n) is 10.0. The molecule has 3 aliphatic rings. The molecule has 1 aromatic rings. The molecule has 5 heteroatoms. The first kappa shape index (κ1) is 17.3. The van der Waals surface area contributed by atoms with E-state index in [1.807, 2.05) is 0 Å². The topological polar surface area (TPSA) is 37.8 Å². The first-order valence-corrected chi connectivity index (χ1v) is 10.0. The standard InChI is InChI=1S/C20H31N3O2/c1-2-10-23(9-1)20-4-3-17(15-21-20)16-22-11-5-18(6-12-22)25-19-7-13-24-14-8-19/h3-4,15,18-19H,1-2,5-14,16H2. The van der Waals surface area contributed by atoms with E-state index in [0.717, 1.165) is 77.4 Å². The number of aromatic nitrogens is 1. The largest absolute Gasteiger partial charge is 0.381 e. The molecule has 3 fully saturated rings. The molecule has 4 rings (SSSR count). The molecular formula is C20H31N3O2. The van der Waals surface area contributed by atoms with Crippen LogP contribution in [0.25, 0.3) is 0 Å². The molecule has 0 amide bonds. The van der Waals surface area contributed by atoms with Crippen LogP contribution in [0.2, 0.25) is 0 Å². The van der Waals surface area contributed by atoms with Gasteiger partial charge in [-0.25, -0.2) is 4.98 Å². The van der Waals surface area contributed by atoms with Crippen LogP contribution < -0.4 is 4.90 Å². The Morgan fingerprint density at radius 3 is 2.36 bits per heavy atom. The third-order valence-electron chi connectivity index (χ3n) is 5.73. The Labute approximate surface area is 151 Å². The van der Waals surface area contributed by atoms with E-state index in [4.69, 9.17) is 9.47 Å². The average molecular weight is 345 g/mol. The zero-order valence-electron chi connectivity index (χ0n) is 15.2. The molecule has 138 valence electrons. The number of nitrogens with zero attached hydrogens (tertiary/aromatic N) is 3. The van der Waals surface area contributed by atoms with Crippen molar-refractivity contribution in [2.75, 3.05) is 44.3 Å². The van der Waals surface area contributed by atoms with Crippen molar-refractivity contribution in [3.05, 3.63) is 23.9 Å². The molecular weight excluding hydrogens is 314 g/mol. The summed E-state index contributed by atoms with van der Waals surface area (Å²) in [5.74, 6) is 1.14. The highest BCUT2D eigenvalue weighted by atomic mass is 16.5. The molecule has 1 aromatic heterocycles. The van der Waals surface area contributed by atoms with Gasteiger partial charge in [-0.15, -0.1) is 0 Å². The monoisotopic (exact) mass is 345 g/mol. The lowest BCUT2D eigenvalue weighted by Crippen LogP contribution is -2.39. The Balaban J connectivity index is 1.21. The third-order valence-corrected chi connectivity index (χ3v) is 5.73. The van der Waals surface area contributed by atoms with Gasteiger partial charge in [0.25, 0.3) is 0 Å². The summed E-state index contributed by atoms with van der Waals surface area (Å²) in [5, 5.41) is 0. The van der Waals surface area contributed by atoms with Gasteiger partial charge < -0.3 is 14.4 Å². The highest BCUT2D eigenvalue weighted by Crippen LogP contribution is 2.22. The van der Waals surface area contributed by atoms with E-state index in [1.165, 1.54) is 18.4 Å². The van der Waals surface area contributed by atoms with E-state index in [-0.39, 0.29) is 0 Å². The summed E-state index contributed by atoms with van der Waals surface area (Å²) in [6, 6.07) is 4.45. The van der Waals surface area contributed by atoms with Crippen LogP contribution in [0.3, 0.4) is 0 Å². The molecule has 0 unspecified atom stereocenters. The van der Waals surface area contributed by atoms with E-state index in [1.54, 1.807) is 0 Å². The zero-order valence-corrected chi connectivity index (χ0v) is 15.2. The Kier molecular flexibility index (Phi) is 5.85. The van der Waals surface area contributed by atoms with Gasteiger partial charge in [0, 0.05) is 52.1 Å². The van der Waals surface area contributed by atoms with Gasteiger partial charge in [0.15, 0.2) is 0 Å². The predicted molar refractivity (Wildman–Crippen MR) is 98.9 cm³/mol. The van der Waals surface area contributed by atoms with Crippen LogP contribution in [0.5, 0.6) is 0 Å². The van der Waals surface area contributed by atoms with Crippen molar-refractivity contribution >= 4 is 5.82 Å². The highest BCUT2D eigenvalue weighted by Gasteiger charge is 2.24. The highest BCUT2D eigenvalue weighted by molar-refractivity contribution is 5.40. The zero-order chi connectivity index (χ0) is 16.9. The lowest BCUT2D eigenvalue weighted by atomic mass is 10.1. The maximum atomic E-state index is 6.28. The lowest BCUT2D eigenvalue weighted by molar-refractivity contribution is -0.0851. The number of ether oxygens (including phenoxy) is 2. The van der Waals surface area contributed by atoms with Gasteiger partial charge in [-0.1, -0.05) is 6.07 Å². The Hall–Kier alpha value is -1.17. The van der Waals surface area contributed by atoms with Crippen molar-refractivity contribution in [2.24, 2.45) is 0 Å². The molecule has 0 bridgehead atoms. The smallest absolute Gasteiger partial charge is 0.128 e. The Morgan fingerprint density at radius 1 is 0.960 bits per heavy atom. The van der Waals surface area contributed by atoms with Crippen molar-refractivity contribution in [1.29, 1.82) is 0 Å². The molecule has 0 radical (unpaired) electrons. The fourth-order valence-electron chi connectivity index (χ4n) is 4.19. The number of hydrogen-bond donors (Lipinski definition) is 0. The van der Waals surface area contributed by atoms with Crippen LogP contribution in [0.15, 0.2) is 18.3 Å². The van der Waals surface area contributed by atoms with Gasteiger partial charge in [0.05, 0.1) is 12.2 Å². The van der Waals surface area contributed by atoms with Gasteiger partial charge in [-0.3, -0.25) is 4.90 Å². The number of pyridine rings is 1. The molecule has 0 atom stereocenters. The van der Waals surface area contributed by atoms with Crippen LogP contribution in [0.1, 0.15) is 44.1 Å². The molecule has 0 spiro atoms. The molecule has 5 nitrogen and oxygen atoms in total. The number of likely N-dealkylation sites (tertiary alicyclic amines) is 1. The van der Waals surface area contributed by atoms with E-state index >= 15 is 0 Å². The summed E-state index contributed by atoms with van der Waals surface area (Å²) in [7, 11) is 0. The lowest BCUT2D eigenvalue weighted by Gasteiger charge is -2.34. The number of anilines is 1. The second-order valence-electron chi connectivity index (χ2n) is 7.64. The summed E-state index contributed by atoms with van der Waals surface area (Å²) < 4.78 is 11.7. The van der Waals surface area contributed by atoms with E-state index in [2.05, 4.69) is 33.1 Å². The summed E-state index contributed by atoms with van der Waals surface area (Å²) in [6.07, 6.45) is 9.96. The number of hydrogen-bond acceptors (Lipinski definition) is 5. The predicted octanol–water partition coefficient (Wildman–Crippen LogP) is 2.84. The summed E-state index contributed by atoms with van der Waals surface area (Å²) in [4.78, 5) is 9.61. The molecule has 0 aliphatic carbocycles. The molecule has 3 saturated heterocycles. The normalized spacial score (nSPS) is 24.1. The summed E-state index contributed by atoms with van der Waals surface area (Å²) in [5.41, 5.74) is 1.33. The van der Waals surface area contributed by atoms with Gasteiger partial charge in [0.1, 0.15) is 5.82 Å². The SMILES string of the molecule is c1cc(N2CCCC2)ncc1CN1CCC(OC2CCOCC2)CC1. The van der Waals surface area contributed by atoms with E-state index < -0.39 is 0 Å². The minimum absolute atomic E-state index is 0.424.